The van der Waals surface area contributed by atoms with Crippen LogP contribution in [-0.4, -0.2) is 17.0 Å². The zero-order valence-corrected chi connectivity index (χ0v) is 15.1. The van der Waals surface area contributed by atoms with Crippen molar-refractivity contribution >= 4 is 16.7 Å². The zero-order valence-electron chi connectivity index (χ0n) is 15.1. The molecule has 3 rings (SSSR count). The van der Waals surface area contributed by atoms with E-state index in [2.05, 4.69) is 12.2 Å². The molecule has 2 aromatic carbocycles. The summed E-state index contributed by atoms with van der Waals surface area (Å²) in [5.74, 6) is -0.195. The SMILES string of the molecule is CCCCn1c(C(=O)NCCc2ccccc2)cc2ccccc2c1=O. The fourth-order valence-corrected chi connectivity index (χ4v) is 3.08. The lowest BCUT2D eigenvalue weighted by Gasteiger charge is -2.14. The Morgan fingerprint density at radius 2 is 1.77 bits per heavy atom. The van der Waals surface area contributed by atoms with Crippen LogP contribution in [0.3, 0.4) is 0 Å². The van der Waals surface area contributed by atoms with E-state index >= 15 is 0 Å². The van der Waals surface area contributed by atoms with Crippen molar-refractivity contribution in [2.24, 2.45) is 0 Å². The summed E-state index contributed by atoms with van der Waals surface area (Å²) in [5.41, 5.74) is 1.52. The smallest absolute Gasteiger partial charge is 0.268 e. The second-order valence-corrected chi connectivity index (χ2v) is 6.42. The molecule has 0 atom stereocenters. The van der Waals surface area contributed by atoms with Gasteiger partial charge in [-0.1, -0.05) is 61.9 Å². The van der Waals surface area contributed by atoms with Crippen molar-refractivity contribution in [1.82, 2.24) is 9.88 Å². The number of carbonyl (C=O) groups excluding carboxylic acids is 1. The molecule has 0 aliphatic carbocycles. The maximum Gasteiger partial charge on any atom is 0.268 e. The quantitative estimate of drug-likeness (QED) is 0.706. The average Bonchev–Trinajstić information content (AvgIpc) is 2.68. The van der Waals surface area contributed by atoms with Gasteiger partial charge in [0, 0.05) is 18.5 Å². The molecule has 1 amide bonds. The van der Waals surface area contributed by atoms with Crippen LogP contribution in [0.25, 0.3) is 10.8 Å². The number of fused-ring (bicyclic) bond motifs is 1. The van der Waals surface area contributed by atoms with Crippen LogP contribution in [0.4, 0.5) is 0 Å². The lowest BCUT2D eigenvalue weighted by Crippen LogP contribution is -2.33. The number of unbranched alkanes of at least 4 members (excludes halogenated alkanes) is 1. The fourth-order valence-electron chi connectivity index (χ4n) is 3.08. The highest BCUT2D eigenvalue weighted by Crippen LogP contribution is 2.13. The van der Waals surface area contributed by atoms with Gasteiger partial charge in [-0.2, -0.15) is 0 Å². The van der Waals surface area contributed by atoms with Gasteiger partial charge in [-0.05, 0) is 35.9 Å². The summed E-state index contributed by atoms with van der Waals surface area (Å²) in [4.78, 5) is 25.6. The average molecular weight is 348 g/mol. The molecule has 4 heteroatoms. The second-order valence-electron chi connectivity index (χ2n) is 6.42. The topological polar surface area (TPSA) is 51.1 Å². The van der Waals surface area contributed by atoms with E-state index in [0.29, 0.717) is 24.2 Å². The molecule has 1 aromatic heterocycles. The number of hydrogen-bond acceptors (Lipinski definition) is 2. The molecule has 0 aliphatic rings. The highest BCUT2D eigenvalue weighted by molar-refractivity contribution is 5.96. The largest absolute Gasteiger partial charge is 0.350 e. The van der Waals surface area contributed by atoms with Gasteiger partial charge in [-0.25, -0.2) is 0 Å². The number of carbonyl (C=O) groups is 1. The van der Waals surface area contributed by atoms with Gasteiger partial charge in [-0.3, -0.25) is 9.59 Å². The van der Waals surface area contributed by atoms with E-state index < -0.39 is 0 Å². The van der Waals surface area contributed by atoms with Crippen molar-refractivity contribution in [3.63, 3.8) is 0 Å². The lowest BCUT2D eigenvalue weighted by molar-refractivity contribution is 0.0943. The van der Waals surface area contributed by atoms with Gasteiger partial charge in [-0.15, -0.1) is 0 Å². The minimum absolute atomic E-state index is 0.0928. The van der Waals surface area contributed by atoms with Crippen molar-refractivity contribution < 1.29 is 4.79 Å². The Kier molecular flexibility index (Phi) is 5.84. The molecule has 1 N–H and O–H groups in total. The van der Waals surface area contributed by atoms with Crippen LogP contribution >= 0.6 is 0 Å². The Hall–Kier alpha value is -2.88. The minimum atomic E-state index is -0.195. The van der Waals surface area contributed by atoms with E-state index in [9.17, 15) is 9.59 Å². The van der Waals surface area contributed by atoms with Crippen LogP contribution in [0, 0.1) is 0 Å². The predicted molar refractivity (Wildman–Crippen MR) is 106 cm³/mol. The Morgan fingerprint density at radius 3 is 2.54 bits per heavy atom. The molecule has 0 spiro atoms. The molecular formula is C22H24N2O2. The van der Waals surface area contributed by atoms with Gasteiger partial charge in [0.1, 0.15) is 5.69 Å². The van der Waals surface area contributed by atoms with Crippen LogP contribution in [-0.2, 0) is 13.0 Å². The molecule has 0 bridgehead atoms. The van der Waals surface area contributed by atoms with Crippen molar-refractivity contribution in [3.8, 4) is 0 Å². The molecule has 134 valence electrons. The monoisotopic (exact) mass is 348 g/mol. The fraction of sp³-hybridized carbons (Fsp3) is 0.273. The summed E-state index contributed by atoms with van der Waals surface area (Å²) in [6.07, 6.45) is 2.59. The first kappa shape index (κ1) is 17.9. The van der Waals surface area contributed by atoms with Crippen LogP contribution in [0.5, 0.6) is 0 Å². The van der Waals surface area contributed by atoms with E-state index in [-0.39, 0.29) is 11.5 Å². The van der Waals surface area contributed by atoms with Gasteiger partial charge in [0.15, 0.2) is 0 Å². The Morgan fingerprint density at radius 1 is 1.04 bits per heavy atom. The third kappa shape index (κ3) is 4.02. The van der Waals surface area contributed by atoms with Crippen LogP contribution in [0.2, 0.25) is 0 Å². The first-order valence-electron chi connectivity index (χ1n) is 9.15. The maximum absolute atomic E-state index is 12.8. The van der Waals surface area contributed by atoms with Crippen LogP contribution in [0.15, 0.2) is 65.5 Å². The maximum atomic E-state index is 12.8. The van der Waals surface area contributed by atoms with Gasteiger partial charge in [0.25, 0.3) is 11.5 Å². The first-order chi connectivity index (χ1) is 12.7. The molecule has 4 nitrogen and oxygen atoms in total. The number of amides is 1. The molecule has 0 unspecified atom stereocenters. The number of hydrogen-bond donors (Lipinski definition) is 1. The van der Waals surface area contributed by atoms with Crippen molar-refractivity contribution in [1.29, 1.82) is 0 Å². The van der Waals surface area contributed by atoms with E-state index in [1.807, 2.05) is 60.7 Å². The number of nitrogens with one attached hydrogen (secondary N) is 1. The third-order valence-electron chi connectivity index (χ3n) is 4.53. The Balaban J connectivity index is 1.84. The van der Waals surface area contributed by atoms with E-state index in [4.69, 9.17) is 0 Å². The number of nitrogens with zero attached hydrogens (tertiary/aromatic N) is 1. The number of pyridine rings is 1. The van der Waals surface area contributed by atoms with Gasteiger partial charge >= 0.3 is 0 Å². The molecule has 1 heterocycles. The summed E-state index contributed by atoms with van der Waals surface area (Å²) in [6.45, 7) is 3.17. The zero-order chi connectivity index (χ0) is 18.4. The third-order valence-corrected chi connectivity index (χ3v) is 4.53. The van der Waals surface area contributed by atoms with Crippen molar-refractivity contribution in [2.75, 3.05) is 6.54 Å². The molecule has 0 aliphatic heterocycles. The highest BCUT2D eigenvalue weighted by atomic mass is 16.2. The Labute approximate surface area is 153 Å². The minimum Gasteiger partial charge on any atom is -0.350 e. The van der Waals surface area contributed by atoms with Crippen LogP contribution in [0.1, 0.15) is 35.8 Å². The first-order valence-corrected chi connectivity index (χ1v) is 9.15. The molecule has 0 saturated heterocycles. The number of benzene rings is 2. The van der Waals surface area contributed by atoms with Gasteiger partial charge in [0.2, 0.25) is 0 Å². The second kappa shape index (κ2) is 8.48. The standard InChI is InChI=1S/C22H24N2O2/c1-2-3-15-24-20(16-18-11-7-8-12-19(18)22(24)26)21(25)23-14-13-17-9-5-4-6-10-17/h4-12,16H,2-3,13-15H2,1H3,(H,23,25). The summed E-state index contributed by atoms with van der Waals surface area (Å²) in [7, 11) is 0. The summed E-state index contributed by atoms with van der Waals surface area (Å²) < 4.78 is 1.61. The van der Waals surface area contributed by atoms with Crippen molar-refractivity contribution in [2.45, 2.75) is 32.7 Å². The van der Waals surface area contributed by atoms with E-state index in [1.54, 1.807) is 4.57 Å². The van der Waals surface area contributed by atoms with Crippen molar-refractivity contribution in [3.05, 3.63) is 82.3 Å². The number of rotatable bonds is 7. The summed E-state index contributed by atoms with van der Waals surface area (Å²) in [5, 5.41) is 4.42. The summed E-state index contributed by atoms with van der Waals surface area (Å²) in [6, 6.07) is 19.3. The summed E-state index contributed by atoms with van der Waals surface area (Å²) >= 11 is 0. The molecular weight excluding hydrogens is 324 g/mol. The molecule has 3 aromatic rings. The predicted octanol–water partition coefficient (Wildman–Crippen LogP) is 3.77. The Bertz CT molecular complexity index is 945. The van der Waals surface area contributed by atoms with E-state index in [1.165, 1.54) is 5.56 Å². The normalized spacial score (nSPS) is 10.8. The molecule has 0 radical (unpaired) electrons. The number of aromatic nitrogens is 1. The highest BCUT2D eigenvalue weighted by Gasteiger charge is 2.15. The molecule has 0 fully saturated rings. The van der Waals surface area contributed by atoms with Gasteiger partial charge < -0.3 is 9.88 Å². The lowest BCUT2D eigenvalue weighted by atomic mass is 10.1. The van der Waals surface area contributed by atoms with Gasteiger partial charge in [0.05, 0.1) is 0 Å². The molecule has 0 saturated carbocycles. The van der Waals surface area contributed by atoms with E-state index in [0.717, 1.165) is 24.6 Å². The molecule has 26 heavy (non-hydrogen) atoms. The van der Waals surface area contributed by atoms with Crippen LogP contribution < -0.4 is 10.9 Å².